The Balaban J connectivity index is 2.36. The van der Waals surface area contributed by atoms with Crippen molar-refractivity contribution in [3.63, 3.8) is 0 Å². The van der Waals surface area contributed by atoms with Gasteiger partial charge < -0.3 is 14.6 Å². The van der Waals surface area contributed by atoms with Crippen molar-refractivity contribution in [1.82, 2.24) is 0 Å². The molecule has 2 atom stereocenters. The van der Waals surface area contributed by atoms with Crippen LogP contribution in [0.3, 0.4) is 0 Å². The maximum absolute atomic E-state index is 14.3. The second kappa shape index (κ2) is 11.4. The standard InChI is InChI=1S/C26H33FO3Si/c1-21(18-19-24(27)25(29)17-11-12-20-28)30-31(26(2,3)4,22-13-7-5-8-14-22)23-15-9-6-10-16-23/h5-10,13-16,19,21,25,28-29H,12,18,20H2,1-4H3/b24-19+/t21-,25?/m1/s1. The minimum atomic E-state index is -2.71. The van der Waals surface area contributed by atoms with E-state index in [1.807, 2.05) is 43.3 Å². The Morgan fingerprint density at radius 2 is 1.58 bits per heavy atom. The second-order valence-electron chi connectivity index (χ2n) is 8.61. The van der Waals surface area contributed by atoms with Crippen LogP contribution in [0, 0.1) is 11.8 Å². The summed E-state index contributed by atoms with van der Waals surface area (Å²) >= 11 is 0. The lowest BCUT2D eigenvalue weighted by atomic mass is 10.2. The first kappa shape index (κ1) is 25.0. The summed E-state index contributed by atoms with van der Waals surface area (Å²) in [7, 11) is -2.71. The van der Waals surface area contributed by atoms with Gasteiger partial charge in [0.1, 0.15) is 5.83 Å². The van der Waals surface area contributed by atoms with Gasteiger partial charge in [-0.15, -0.1) is 0 Å². The van der Waals surface area contributed by atoms with Gasteiger partial charge in [-0.3, -0.25) is 0 Å². The Kier molecular flexibility index (Phi) is 9.21. The van der Waals surface area contributed by atoms with Crippen LogP contribution in [0.1, 0.15) is 40.5 Å². The maximum atomic E-state index is 14.3. The topological polar surface area (TPSA) is 49.7 Å². The Morgan fingerprint density at radius 1 is 1.06 bits per heavy atom. The van der Waals surface area contributed by atoms with E-state index in [-0.39, 0.29) is 24.2 Å². The molecule has 0 aliphatic heterocycles. The smallest absolute Gasteiger partial charge is 0.261 e. The lowest BCUT2D eigenvalue weighted by Gasteiger charge is -2.44. The molecule has 2 aromatic carbocycles. The van der Waals surface area contributed by atoms with Crippen LogP contribution in [0.15, 0.2) is 72.6 Å². The molecule has 0 aliphatic carbocycles. The lowest BCUT2D eigenvalue weighted by molar-refractivity contribution is 0.205. The second-order valence-corrected chi connectivity index (χ2v) is 12.9. The van der Waals surface area contributed by atoms with Crippen LogP contribution in [-0.2, 0) is 4.43 Å². The zero-order valence-electron chi connectivity index (χ0n) is 18.8. The fraction of sp³-hybridized carbons (Fsp3) is 0.385. The summed E-state index contributed by atoms with van der Waals surface area (Å²) in [5.41, 5.74) is 0. The summed E-state index contributed by atoms with van der Waals surface area (Å²) in [6.45, 7) is 8.41. The Labute approximate surface area is 186 Å². The van der Waals surface area contributed by atoms with Gasteiger partial charge in [0.05, 0.1) is 6.61 Å². The number of aliphatic hydroxyl groups is 2. The van der Waals surface area contributed by atoms with Crippen molar-refractivity contribution in [2.45, 2.75) is 57.8 Å². The SMILES string of the molecule is C[C@H](C/C=C(/F)C(O)C#CCCO)O[Si](c1ccccc1)(c1ccccc1)C(C)(C)C. The largest absolute Gasteiger partial charge is 0.404 e. The summed E-state index contributed by atoms with van der Waals surface area (Å²) in [5, 5.41) is 20.8. The summed E-state index contributed by atoms with van der Waals surface area (Å²) in [4.78, 5) is 0. The molecule has 0 fully saturated rings. The normalized spacial score (nSPS) is 14.5. The molecule has 2 aromatic rings. The van der Waals surface area contributed by atoms with Crippen molar-refractivity contribution in [3.8, 4) is 11.8 Å². The van der Waals surface area contributed by atoms with Crippen LogP contribution in [0.2, 0.25) is 5.04 Å². The van der Waals surface area contributed by atoms with Gasteiger partial charge in [-0.25, -0.2) is 4.39 Å². The molecule has 2 rings (SSSR count). The lowest BCUT2D eigenvalue weighted by Crippen LogP contribution is -2.67. The molecule has 0 aromatic heterocycles. The molecule has 31 heavy (non-hydrogen) atoms. The molecule has 2 N–H and O–H groups in total. The predicted molar refractivity (Wildman–Crippen MR) is 127 cm³/mol. The minimum Gasteiger partial charge on any atom is -0.404 e. The number of halogens is 1. The van der Waals surface area contributed by atoms with Gasteiger partial charge in [-0.05, 0) is 34.8 Å². The third-order valence-electron chi connectivity index (χ3n) is 5.18. The van der Waals surface area contributed by atoms with Crippen molar-refractivity contribution < 1.29 is 19.0 Å². The van der Waals surface area contributed by atoms with Crippen LogP contribution in [0.5, 0.6) is 0 Å². The van der Waals surface area contributed by atoms with E-state index in [1.165, 1.54) is 16.4 Å². The Hall–Kier alpha value is -2.23. The molecule has 0 heterocycles. The first-order chi connectivity index (χ1) is 14.7. The summed E-state index contributed by atoms with van der Waals surface area (Å²) in [6, 6.07) is 20.6. The van der Waals surface area contributed by atoms with Gasteiger partial charge in [-0.2, -0.15) is 0 Å². The Bertz CT molecular complexity index is 855. The number of rotatable bonds is 8. The summed E-state index contributed by atoms with van der Waals surface area (Å²) < 4.78 is 21.2. The number of aliphatic hydroxyl groups excluding tert-OH is 2. The number of hydrogen-bond donors (Lipinski definition) is 2. The molecule has 1 unspecified atom stereocenters. The first-order valence-electron chi connectivity index (χ1n) is 10.6. The van der Waals surface area contributed by atoms with Crippen molar-refractivity contribution >= 4 is 18.7 Å². The number of hydrogen-bond acceptors (Lipinski definition) is 3. The molecule has 0 aliphatic rings. The third kappa shape index (κ3) is 6.38. The van der Waals surface area contributed by atoms with E-state index < -0.39 is 20.2 Å². The minimum absolute atomic E-state index is 0.117. The quantitative estimate of drug-likeness (QED) is 0.483. The first-order valence-corrected chi connectivity index (χ1v) is 12.5. The van der Waals surface area contributed by atoms with E-state index in [0.29, 0.717) is 6.42 Å². The molecule has 0 bridgehead atoms. The average molecular weight is 441 g/mol. The van der Waals surface area contributed by atoms with Crippen molar-refractivity contribution in [1.29, 1.82) is 0 Å². The van der Waals surface area contributed by atoms with Gasteiger partial charge in [0.15, 0.2) is 6.10 Å². The van der Waals surface area contributed by atoms with Crippen molar-refractivity contribution in [2.75, 3.05) is 6.61 Å². The van der Waals surface area contributed by atoms with Gasteiger partial charge in [0, 0.05) is 12.5 Å². The highest BCUT2D eigenvalue weighted by atomic mass is 28.4. The maximum Gasteiger partial charge on any atom is 0.261 e. The molecular formula is C26H33FO3Si. The van der Waals surface area contributed by atoms with E-state index >= 15 is 0 Å². The van der Waals surface area contributed by atoms with E-state index in [1.54, 1.807) is 0 Å². The Morgan fingerprint density at radius 3 is 2.03 bits per heavy atom. The van der Waals surface area contributed by atoms with Crippen LogP contribution in [0.4, 0.5) is 4.39 Å². The van der Waals surface area contributed by atoms with Crippen molar-refractivity contribution in [3.05, 3.63) is 72.6 Å². The van der Waals surface area contributed by atoms with E-state index in [4.69, 9.17) is 9.53 Å². The van der Waals surface area contributed by atoms with E-state index in [0.717, 1.165) is 0 Å². The van der Waals surface area contributed by atoms with Crippen LogP contribution in [0.25, 0.3) is 0 Å². The molecule has 0 spiro atoms. The monoisotopic (exact) mass is 440 g/mol. The molecule has 0 amide bonds. The predicted octanol–water partition coefficient (Wildman–Crippen LogP) is 3.94. The zero-order chi connectivity index (χ0) is 22.9. The average Bonchev–Trinajstić information content (AvgIpc) is 2.76. The fourth-order valence-corrected chi connectivity index (χ4v) is 8.44. The van der Waals surface area contributed by atoms with Crippen LogP contribution < -0.4 is 10.4 Å². The molecule has 0 saturated carbocycles. The highest BCUT2D eigenvalue weighted by molar-refractivity contribution is 6.99. The molecule has 3 nitrogen and oxygen atoms in total. The van der Waals surface area contributed by atoms with Crippen LogP contribution >= 0.6 is 0 Å². The molecular weight excluding hydrogens is 407 g/mol. The van der Waals surface area contributed by atoms with E-state index in [9.17, 15) is 9.50 Å². The third-order valence-corrected chi connectivity index (χ3v) is 10.3. The van der Waals surface area contributed by atoms with Gasteiger partial charge >= 0.3 is 0 Å². The van der Waals surface area contributed by atoms with Crippen LogP contribution in [-0.4, -0.2) is 37.3 Å². The molecule has 5 heteroatoms. The molecule has 0 radical (unpaired) electrons. The number of benzene rings is 2. The summed E-state index contributed by atoms with van der Waals surface area (Å²) in [5.74, 6) is 4.26. The van der Waals surface area contributed by atoms with Gasteiger partial charge in [0.25, 0.3) is 8.32 Å². The molecule has 0 saturated heterocycles. The highest BCUT2D eigenvalue weighted by Crippen LogP contribution is 2.37. The van der Waals surface area contributed by atoms with E-state index in [2.05, 4.69) is 56.9 Å². The fourth-order valence-electron chi connectivity index (χ4n) is 3.73. The molecule has 166 valence electrons. The highest BCUT2D eigenvalue weighted by Gasteiger charge is 2.50. The summed E-state index contributed by atoms with van der Waals surface area (Å²) in [6.07, 6.45) is 0.120. The zero-order valence-corrected chi connectivity index (χ0v) is 19.8. The van der Waals surface area contributed by atoms with Gasteiger partial charge in [-0.1, -0.05) is 93.3 Å². The van der Waals surface area contributed by atoms with Crippen molar-refractivity contribution in [2.24, 2.45) is 0 Å². The van der Waals surface area contributed by atoms with Gasteiger partial charge in [0.2, 0.25) is 0 Å².